The summed E-state index contributed by atoms with van der Waals surface area (Å²) >= 11 is 0. The van der Waals surface area contributed by atoms with Gasteiger partial charge < -0.3 is 5.32 Å². The number of anilines is 1. The molecule has 0 atom stereocenters. The van der Waals surface area contributed by atoms with E-state index in [1.54, 1.807) is 6.20 Å². The van der Waals surface area contributed by atoms with E-state index in [1.807, 2.05) is 6.07 Å². The van der Waals surface area contributed by atoms with E-state index < -0.39 is 0 Å². The highest BCUT2D eigenvalue weighted by atomic mass is 15.0. The van der Waals surface area contributed by atoms with Crippen molar-refractivity contribution in [3.63, 3.8) is 0 Å². The standard InChI is InChI=1S/C15H19N3/c1-5-16-13-6-7-17-15(18-13)14-11(3)8-10(2)9-12(14)4/h6-9H,5H2,1-4H3,(H,16,17,18). The minimum atomic E-state index is 0.795. The van der Waals surface area contributed by atoms with E-state index >= 15 is 0 Å². The number of benzene rings is 1. The first-order valence-electron chi connectivity index (χ1n) is 6.27. The molecule has 0 fully saturated rings. The summed E-state index contributed by atoms with van der Waals surface area (Å²) in [7, 11) is 0. The van der Waals surface area contributed by atoms with E-state index in [2.05, 4.69) is 55.1 Å². The molecule has 2 rings (SSSR count). The molecule has 1 N–H and O–H groups in total. The van der Waals surface area contributed by atoms with Crippen molar-refractivity contribution in [1.29, 1.82) is 0 Å². The van der Waals surface area contributed by atoms with Crippen LogP contribution in [0.2, 0.25) is 0 Å². The monoisotopic (exact) mass is 241 g/mol. The summed E-state index contributed by atoms with van der Waals surface area (Å²) in [5.41, 5.74) is 4.86. The number of aryl methyl sites for hydroxylation is 3. The van der Waals surface area contributed by atoms with E-state index in [0.29, 0.717) is 0 Å². The van der Waals surface area contributed by atoms with Crippen LogP contribution in [0.1, 0.15) is 23.6 Å². The van der Waals surface area contributed by atoms with Gasteiger partial charge >= 0.3 is 0 Å². The summed E-state index contributed by atoms with van der Waals surface area (Å²) in [6, 6.07) is 6.24. The molecule has 0 aliphatic rings. The number of nitrogens with zero attached hydrogens (tertiary/aromatic N) is 2. The summed E-state index contributed by atoms with van der Waals surface area (Å²) in [5, 5.41) is 3.22. The molecule has 94 valence electrons. The van der Waals surface area contributed by atoms with Crippen molar-refractivity contribution in [3.05, 3.63) is 41.1 Å². The molecule has 0 radical (unpaired) electrons. The average molecular weight is 241 g/mol. The molecule has 1 aromatic heterocycles. The molecule has 0 amide bonds. The lowest BCUT2D eigenvalue weighted by molar-refractivity contribution is 1.11. The molecule has 0 saturated carbocycles. The van der Waals surface area contributed by atoms with Gasteiger partial charge in [0.05, 0.1) is 0 Å². The van der Waals surface area contributed by atoms with Crippen molar-refractivity contribution in [1.82, 2.24) is 9.97 Å². The lowest BCUT2D eigenvalue weighted by atomic mass is 9.99. The number of nitrogens with one attached hydrogen (secondary N) is 1. The van der Waals surface area contributed by atoms with Gasteiger partial charge in [0.1, 0.15) is 5.82 Å². The van der Waals surface area contributed by atoms with E-state index in [1.165, 1.54) is 16.7 Å². The first kappa shape index (κ1) is 12.6. The van der Waals surface area contributed by atoms with Gasteiger partial charge in [-0.05, 0) is 44.9 Å². The molecule has 0 aliphatic carbocycles. The fourth-order valence-electron chi connectivity index (χ4n) is 2.29. The molecular formula is C15H19N3. The zero-order valence-corrected chi connectivity index (χ0v) is 11.4. The van der Waals surface area contributed by atoms with Gasteiger partial charge in [-0.25, -0.2) is 9.97 Å². The summed E-state index contributed by atoms with van der Waals surface area (Å²) in [6.07, 6.45) is 1.80. The molecule has 2 aromatic rings. The molecule has 0 unspecified atom stereocenters. The molecule has 0 aliphatic heterocycles. The van der Waals surface area contributed by atoms with Crippen LogP contribution in [0, 0.1) is 20.8 Å². The number of aromatic nitrogens is 2. The van der Waals surface area contributed by atoms with Crippen LogP contribution in [-0.4, -0.2) is 16.5 Å². The predicted octanol–water partition coefficient (Wildman–Crippen LogP) is 3.50. The Balaban J connectivity index is 2.51. The van der Waals surface area contributed by atoms with Crippen LogP contribution in [-0.2, 0) is 0 Å². The number of hydrogen-bond acceptors (Lipinski definition) is 3. The van der Waals surface area contributed by atoms with Gasteiger partial charge in [0, 0.05) is 18.3 Å². The quantitative estimate of drug-likeness (QED) is 0.893. The van der Waals surface area contributed by atoms with Crippen LogP contribution in [0.25, 0.3) is 11.4 Å². The maximum Gasteiger partial charge on any atom is 0.162 e. The summed E-state index contributed by atoms with van der Waals surface area (Å²) in [5.74, 6) is 1.67. The molecule has 1 aromatic carbocycles. The fraction of sp³-hybridized carbons (Fsp3) is 0.333. The summed E-state index contributed by atoms with van der Waals surface area (Å²) in [4.78, 5) is 8.95. The van der Waals surface area contributed by atoms with E-state index in [9.17, 15) is 0 Å². The summed E-state index contributed by atoms with van der Waals surface area (Å²) < 4.78 is 0. The van der Waals surface area contributed by atoms with Gasteiger partial charge in [-0.1, -0.05) is 17.7 Å². The Morgan fingerprint density at radius 3 is 2.39 bits per heavy atom. The highest BCUT2D eigenvalue weighted by Crippen LogP contribution is 2.26. The highest BCUT2D eigenvalue weighted by Gasteiger charge is 2.09. The van der Waals surface area contributed by atoms with Crippen molar-refractivity contribution in [2.45, 2.75) is 27.7 Å². The SMILES string of the molecule is CCNc1ccnc(-c2c(C)cc(C)cc2C)n1. The molecule has 3 heteroatoms. The van der Waals surface area contributed by atoms with Crippen molar-refractivity contribution in [2.24, 2.45) is 0 Å². The molecule has 0 saturated heterocycles. The van der Waals surface area contributed by atoms with Crippen molar-refractivity contribution in [2.75, 3.05) is 11.9 Å². The molecule has 18 heavy (non-hydrogen) atoms. The first-order chi connectivity index (χ1) is 8.61. The second-order valence-electron chi connectivity index (χ2n) is 4.57. The molecule has 3 nitrogen and oxygen atoms in total. The zero-order valence-electron chi connectivity index (χ0n) is 11.4. The maximum atomic E-state index is 4.56. The lowest BCUT2D eigenvalue weighted by Crippen LogP contribution is -2.02. The van der Waals surface area contributed by atoms with Crippen LogP contribution < -0.4 is 5.32 Å². The third-order valence-electron chi connectivity index (χ3n) is 2.91. The second-order valence-corrected chi connectivity index (χ2v) is 4.57. The Labute approximate surface area is 108 Å². The normalized spacial score (nSPS) is 10.4. The number of rotatable bonds is 3. The third-order valence-corrected chi connectivity index (χ3v) is 2.91. The second kappa shape index (κ2) is 5.17. The van der Waals surface area contributed by atoms with Gasteiger partial charge in [0.25, 0.3) is 0 Å². The first-order valence-corrected chi connectivity index (χ1v) is 6.27. The maximum absolute atomic E-state index is 4.56. The Morgan fingerprint density at radius 1 is 1.11 bits per heavy atom. The topological polar surface area (TPSA) is 37.8 Å². The smallest absolute Gasteiger partial charge is 0.162 e. The number of hydrogen-bond donors (Lipinski definition) is 1. The van der Waals surface area contributed by atoms with Crippen molar-refractivity contribution in [3.8, 4) is 11.4 Å². The van der Waals surface area contributed by atoms with Gasteiger partial charge in [-0.15, -0.1) is 0 Å². The van der Waals surface area contributed by atoms with Gasteiger partial charge in [0.15, 0.2) is 5.82 Å². The van der Waals surface area contributed by atoms with Gasteiger partial charge in [0.2, 0.25) is 0 Å². The van der Waals surface area contributed by atoms with Crippen LogP contribution in [0.4, 0.5) is 5.82 Å². The van der Waals surface area contributed by atoms with E-state index in [0.717, 1.165) is 23.8 Å². The van der Waals surface area contributed by atoms with Gasteiger partial charge in [-0.3, -0.25) is 0 Å². The van der Waals surface area contributed by atoms with E-state index in [-0.39, 0.29) is 0 Å². The van der Waals surface area contributed by atoms with Crippen molar-refractivity contribution < 1.29 is 0 Å². The Bertz CT molecular complexity index is 538. The van der Waals surface area contributed by atoms with Crippen LogP contribution >= 0.6 is 0 Å². The molecule has 1 heterocycles. The average Bonchev–Trinajstić information content (AvgIpc) is 2.28. The molecule has 0 bridgehead atoms. The minimum absolute atomic E-state index is 0.795. The van der Waals surface area contributed by atoms with E-state index in [4.69, 9.17) is 0 Å². The predicted molar refractivity (Wildman–Crippen MR) is 75.8 cm³/mol. The fourth-order valence-corrected chi connectivity index (χ4v) is 2.29. The Kier molecular flexibility index (Phi) is 3.60. The van der Waals surface area contributed by atoms with Crippen LogP contribution in [0.5, 0.6) is 0 Å². The minimum Gasteiger partial charge on any atom is -0.370 e. The molecule has 0 spiro atoms. The largest absolute Gasteiger partial charge is 0.370 e. The van der Waals surface area contributed by atoms with Crippen molar-refractivity contribution >= 4 is 5.82 Å². The third kappa shape index (κ3) is 2.50. The highest BCUT2D eigenvalue weighted by molar-refractivity contribution is 5.66. The Hall–Kier alpha value is -1.90. The lowest BCUT2D eigenvalue weighted by Gasteiger charge is -2.11. The van der Waals surface area contributed by atoms with Gasteiger partial charge in [-0.2, -0.15) is 0 Å². The van der Waals surface area contributed by atoms with Crippen LogP contribution in [0.15, 0.2) is 24.4 Å². The van der Waals surface area contributed by atoms with Crippen LogP contribution in [0.3, 0.4) is 0 Å². The zero-order chi connectivity index (χ0) is 13.1. The summed E-state index contributed by atoms with van der Waals surface area (Å²) in [6.45, 7) is 9.25. The Morgan fingerprint density at radius 2 is 1.78 bits per heavy atom. The molecular weight excluding hydrogens is 222 g/mol.